The number of aryl methyl sites for hydroxylation is 2. The van der Waals surface area contributed by atoms with Crippen LogP contribution >= 0.6 is 0 Å². The Hall–Kier alpha value is -3.53. The number of aromatic hydroxyl groups is 1. The van der Waals surface area contributed by atoms with Crippen molar-refractivity contribution in [1.29, 1.82) is 5.26 Å². The first kappa shape index (κ1) is 17.3. The van der Waals surface area contributed by atoms with Gasteiger partial charge in [0, 0.05) is 10.9 Å². The van der Waals surface area contributed by atoms with Crippen LogP contribution in [0.5, 0.6) is 5.75 Å². The van der Waals surface area contributed by atoms with Crippen LogP contribution in [0.2, 0.25) is 0 Å². The second kappa shape index (κ2) is 5.77. The van der Waals surface area contributed by atoms with Gasteiger partial charge >= 0.3 is 0 Å². The van der Waals surface area contributed by atoms with Gasteiger partial charge in [-0.2, -0.15) is 5.26 Å². The Balaban J connectivity index is 2.57. The molecule has 0 aliphatic carbocycles. The molecular formula is C19H17FN4O2. The molecule has 1 heterocycles. The highest BCUT2D eigenvalue weighted by Crippen LogP contribution is 2.38. The van der Waals surface area contributed by atoms with Crippen LogP contribution in [0, 0.1) is 37.9 Å². The first-order valence-corrected chi connectivity index (χ1v) is 7.82. The van der Waals surface area contributed by atoms with Crippen molar-refractivity contribution in [3.05, 3.63) is 51.8 Å². The lowest BCUT2D eigenvalue weighted by Gasteiger charge is -2.16. The Morgan fingerprint density at radius 2 is 1.88 bits per heavy atom. The zero-order valence-corrected chi connectivity index (χ0v) is 14.5. The molecule has 0 atom stereocenters. The predicted molar refractivity (Wildman–Crippen MR) is 96.8 cm³/mol. The number of benzene rings is 2. The predicted octanol–water partition coefficient (Wildman–Crippen LogP) is 2.95. The maximum atomic E-state index is 13.8. The van der Waals surface area contributed by atoms with Crippen molar-refractivity contribution in [3.63, 3.8) is 0 Å². The number of rotatable bonds is 2. The van der Waals surface area contributed by atoms with Crippen LogP contribution in [0.25, 0.3) is 16.6 Å². The molecule has 0 aliphatic rings. The number of halogens is 1. The van der Waals surface area contributed by atoms with Crippen molar-refractivity contribution in [1.82, 2.24) is 4.57 Å². The number of nitrogen functional groups attached to an aromatic ring is 1. The topological polar surface area (TPSA) is 118 Å². The molecule has 5 N–H and O–H groups in total. The van der Waals surface area contributed by atoms with E-state index < -0.39 is 17.5 Å². The van der Waals surface area contributed by atoms with Gasteiger partial charge in [-0.05, 0) is 50.1 Å². The second-order valence-corrected chi connectivity index (χ2v) is 6.25. The Bertz CT molecular complexity index is 1140. The molecule has 0 aliphatic heterocycles. The number of phenolic OH excluding ortho intramolecular Hbond substituents is 1. The normalized spacial score (nSPS) is 10.9. The molecule has 2 aromatic carbocycles. The van der Waals surface area contributed by atoms with Crippen molar-refractivity contribution in [2.24, 2.45) is 5.73 Å². The number of carbonyl (C=O) groups excluding carboxylic acids is 1. The van der Waals surface area contributed by atoms with Gasteiger partial charge in [0.15, 0.2) is 11.6 Å². The molecule has 0 bridgehead atoms. The molecule has 1 amide bonds. The average Bonchev–Trinajstić information content (AvgIpc) is 2.83. The van der Waals surface area contributed by atoms with Crippen LogP contribution in [-0.2, 0) is 0 Å². The van der Waals surface area contributed by atoms with E-state index in [1.54, 1.807) is 32.9 Å². The van der Waals surface area contributed by atoms with Crippen molar-refractivity contribution in [3.8, 4) is 17.5 Å². The van der Waals surface area contributed by atoms with E-state index in [9.17, 15) is 19.6 Å². The molecule has 3 rings (SSSR count). The maximum Gasteiger partial charge on any atom is 0.253 e. The minimum Gasteiger partial charge on any atom is -0.505 e. The molecule has 3 aromatic rings. The van der Waals surface area contributed by atoms with E-state index in [2.05, 4.69) is 6.07 Å². The fourth-order valence-corrected chi connectivity index (χ4v) is 3.34. The van der Waals surface area contributed by atoms with Gasteiger partial charge in [0.25, 0.3) is 5.91 Å². The van der Waals surface area contributed by atoms with E-state index in [-0.39, 0.29) is 16.9 Å². The van der Waals surface area contributed by atoms with E-state index >= 15 is 0 Å². The lowest BCUT2D eigenvalue weighted by Crippen LogP contribution is -2.14. The molecule has 0 spiro atoms. The summed E-state index contributed by atoms with van der Waals surface area (Å²) in [5, 5.41) is 19.9. The van der Waals surface area contributed by atoms with Crippen LogP contribution in [0.4, 0.5) is 10.2 Å². The number of nitriles is 1. The summed E-state index contributed by atoms with van der Waals surface area (Å²) in [6, 6.07) is 6.56. The summed E-state index contributed by atoms with van der Waals surface area (Å²) in [6.45, 7) is 4.96. The number of amides is 1. The molecule has 6 nitrogen and oxygen atoms in total. The van der Waals surface area contributed by atoms with Crippen LogP contribution < -0.4 is 11.5 Å². The first-order chi connectivity index (χ1) is 12.2. The number of fused-ring (bicyclic) bond motifs is 1. The highest BCUT2D eigenvalue weighted by molar-refractivity contribution is 6.12. The number of nitrogens with two attached hydrogens (primary N) is 2. The molecule has 26 heavy (non-hydrogen) atoms. The van der Waals surface area contributed by atoms with Crippen LogP contribution in [0.15, 0.2) is 18.2 Å². The third-order valence-electron chi connectivity index (χ3n) is 4.59. The van der Waals surface area contributed by atoms with Gasteiger partial charge < -0.3 is 16.6 Å². The Labute approximate surface area is 149 Å². The standard InChI is InChI=1S/C19H17FN4O2/c1-8-4-12-14(6-11(8)7-21)24(18(22)15(12)19(23)26)16-9(2)5-13(20)17(25)10(16)3/h4-6,25H,22H2,1-3H3,(H2,23,26). The summed E-state index contributed by atoms with van der Waals surface area (Å²) >= 11 is 0. The van der Waals surface area contributed by atoms with Crippen LogP contribution in [0.3, 0.4) is 0 Å². The molecule has 0 saturated carbocycles. The third kappa shape index (κ3) is 2.27. The first-order valence-electron chi connectivity index (χ1n) is 7.82. The van der Waals surface area contributed by atoms with Gasteiger partial charge in [-0.15, -0.1) is 0 Å². The number of phenols is 1. The fraction of sp³-hybridized carbons (Fsp3) is 0.158. The second-order valence-electron chi connectivity index (χ2n) is 6.25. The smallest absolute Gasteiger partial charge is 0.253 e. The average molecular weight is 352 g/mol. The SMILES string of the molecule is Cc1cc2c(C(N)=O)c(N)n(-c3c(C)cc(F)c(O)c3C)c2cc1C#N. The van der Waals surface area contributed by atoms with E-state index in [4.69, 9.17) is 11.5 Å². The van der Waals surface area contributed by atoms with E-state index in [0.29, 0.717) is 33.3 Å². The van der Waals surface area contributed by atoms with Crippen molar-refractivity contribution < 1.29 is 14.3 Å². The molecule has 1 aromatic heterocycles. The van der Waals surface area contributed by atoms with Crippen molar-refractivity contribution in [2.45, 2.75) is 20.8 Å². The summed E-state index contributed by atoms with van der Waals surface area (Å²) in [5.41, 5.74) is 14.6. The summed E-state index contributed by atoms with van der Waals surface area (Å²) in [5.74, 6) is -1.89. The summed E-state index contributed by atoms with van der Waals surface area (Å²) < 4.78 is 15.4. The zero-order valence-electron chi connectivity index (χ0n) is 14.5. The Morgan fingerprint density at radius 3 is 2.46 bits per heavy atom. The van der Waals surface area contributed by atoms with Gasteiger partial charge in [-0.25, -0.2) is 4.39 Å². The van der Waals surface area contributed by atoms with Crippen molar-refractivity contribution in [2.75, 3.05) is 5.73 Å². The van der Waals surface area contributed by atoms with Crippen molar-refractivity contribution >= 4 is 22.6 Å². The summed E-state index contributed by atoms with van der Waals surface area (Å²) in [4.78, 5) is 12.0. The minimum absolute atomic E-state index is 0.0687. The molecule has 0 fully saturated rings. The third-order valence-corrected chi connectivity index (χ3v) is 4.59. The molecular weight excluding hydrogens is 335 g/mol. The van der Waals surface area contributed by atoms with E-state index in [1.165, 1.54) is 10.6 Å². The largest absolute Gasteiger partial charge is 0.505 e. The molecule has 132 valence electrons. The number of primary amides is 1. The minimum atomic E-state index is -0.748. The van der Waals surface area contributed by atoms with Crippen LogP contribution in [0.1, 0.15) is 32.6 Å². The molecule has 0 saturated heterocycles. The van der Waals surface area contributed by atoms with Gasteiger partial charge in [0.1, 0.15) is 5.82 Å². The quantitative estimate of drug-likeness (QED) is 0.657. The van der Waals surface area contributed by atoms with Crippen LogP contribution in [-0.4, -0.2) is 15.6 Å². The molecule has 0 radical (unpaired) electrons. The number of anilines is 1. The fourth-order valence-electron chi connectivity index (χ4n) is 3.34. The lowest BCUT2D eigenvalue weighted by atomic mass is 10.0. The summed E-state index contributed by atoms with van der Waals surface area (Å²) in [6.07, 6.45) is 0. The van der Waals surface area contributed by atoms with Gasteiger partial charge in [-0.3, -0.25) is 9.36 Å². The molecule has 0 unspecified atom stereocenters. The van der Waals surface area contributed by atoms with Gasteiger partial charge in [0.2, 0.25) is 0 Å². The van der Waals surface area contributed by atoms with Gasteiger partial charge in [0.05, 0.1) is 28.4 Å². The number of hydrogen-bond donors (Lipinski definition) is 3. The molecule has 7 heteroatoms. The zero-order chi connectivity index (χ0) is 19.3. The Kier molecular flexibility index (Phi) is 3.84. The van der Waals surface area contributed by atoms with Gasteiger partial charge in [-0.1, -0.05) is 0 Å². The number of carbonyl (C=O) groups is 1. The van der Waals surface area contributed by atoms with E-state index in [1.807, 2.05) is 0 Å². The highest BCUT2D eigenvalue weighted by atomic mass is 19.1. The number of hydrogen-bond acceptors (Lipinski definition) is 4. The van der Waals surface area contributed by atoms with E-state index in [0.717, 1.165) is 0 Å². The number of aromatic nitrogens is 1. The Morgan fingerprint density at radius 1 is 1.23 bits per heavy atom. The highest BCUT2D eigenvalue weighted by Gasteiger charge is 2.24. The monoisotopic (exact) mass is 352 g/mol. The lowest BCUT2D eigenvalue weighted by molar-refractivity contribution is 0.100. The summed E-state index contributed by atoms with van der Waals surface area (Å²) in [7, 11) is 0. The number of nitrogens with zero attached hydrogens (tertiary/aromatic N) is 2. The maximum absolute atomic E-state index is 13.8.